The summed E-state index contributed by atoms with van der Waals surface area (Å²) in [5, 5.41) is 7.35. The fraction of sp³-hybridized carbons (Fsp3) is 0.190. The van der Waals surface area contributed by atoms with Crippen LogP contribution in [0.3, 0.4) is 0 Å². The number of nitrogens with zero attached hydrogens (tertiary/aromatic N) is 3. The van der Waals surface area contributed by atoms with E-state index >= 15 is 0 Å². The molecular weight excluding hydrogens is 378 g/mol. The molecule has 27 heavy (non-hydrogen) atoms. The van der Waals surface area contributed by atoms with Crippen molar-refractivity contribution < 1.29 is 4.79 Å². The zero-order valence-electron chi connectivity index (χ0n) is 14.6. The van der Waals surface area contributed by atoms with E-state index in [0.29, 0.717) is 17.0 Å². The molecule has 0 N–H and O–H groups in total. The predicted octanol–water partition coefficient (Wildman–Crippen LogP) is 5.33. The van der Waals surface area contributed by atoms with Crippen LogP contribution in [-0.4, -0.2) is 20.4 Å². The Kier molecular flexibility index (Phi) is 3.88. The van der Waals surface area contributed by atoms with Gasteiger partial charge < -0.3 is 0 Å². The third-order valence-electron chi connectivity index (χ3n) is 5.11. The van der Waals surface area contributed by atoms with Gasteiger partial charge in [0.15, 0.2) is 11.4 Å². The lowest BCUT2D eigenvalue weighted by atomic mass is 9.85. The number of hydrogen-bond donors (Lipinski definition) is 0. The van der Waals surface area contributed by atoms with Gasteiger partial charge in [0.1, 0.15) is 0 Å². The van der Waals surface area contributed by atoms with Crippen LogP contribution in [0, 0.1) is 6.92 Å². The van der Waals surface area contributed by atoms with Crippen LogP contribution in [0.5, 0.6) is 0 Å². The molecule has 1 aliphatic rings. The molecule has 1 aromatic carbocycles. The monoisotopic (exact) mass is 393 g/mol. The molecule has 4 nitrogen and oxygen atoms in total. The van der Waals surface area contributed by atoms with Gasteiger partial charge in [0, 0.05) is 34.0 Å². The molecule has 1 unspecified atom stereocenters. The second-order valence-electron chi connectivity index (χ2n) is 6.88. The minimum absolute atomic E-state index is 0.144. The van der Waals surface area contributed by atoms with Gasteiger partial charge in [-0.25, -0.2) is 9.50 Å². The maximum absolute atomic E-state index is 12.7. The Labute approximate surface area is 165 Å². The Morgan fingerprint density at radius 1 is 1.19 bits per heavy atom. The van der Waals surface area contributed by atoms with Crippen molar-refractivity contribution in [1.82, 2.24) is 14.6 Å². The Morgan fingerprint density at radius 2 is 2.00 bits per heavy atom. The maximum atomic E-state index is 12.7. The molecule has 1 atom stereocenters. The van der Waals surface area contributed by atoms with Crippen LogP contribution in [0.25, 0.3) is 16.8 Å². The van der Waals surface area contributed by atoms with Gasteiger partial charge in [0.05, 0.1) is 17.0 Å². The molecule has 4 aromatic rings. The van der Waals surface area contributed by atoms with Crippen LogP contribution in [0.1, 0.15) is 39.0 Å². The summed E-state index contributed by atoms with van der Waals surface area (Å²) >= 11 is 7.74. The number of ketones is 1. The molecule has 0 radical (unpaired) electrons. The van der Waals surface area contributed by atoms with E-state index in [-0.39, 0.29) is 11.7 Å². The van der Waals surface area contributed by atoms with Gasteiger partial charge in [-0.05, 0) is 42.5 Å². The largest absolute Gasteiger partial charge is 0.294 e. The number of halogens is 1. The number of Topliss-reactive ketones (excluding diaryl/α,β-unsaturated/α-hetero) is 1. The van der Waals surface area contributed by atoms with Crippen molar-refractivity contribution in [2.75, 3.05) is 0 Å². The Balaban J connectivity index is 1.66. The van der Waals surface area contributed by atoms with Crippen LogP contribution in [0.15, 0.2) is 48.0 Å². The van der Waals surface area contributed by atoms with Crippen LogP contribution in [-0.2, 0) is 6.42 Å². The first kappa shape index (κ1) is 16.7. The Bertz CT molecular complexity index is 1160. The van der Waals surface area contributed by atoms with Crippen molar-refractivity contribution in [3.05, 3.63) is 74.8 Å². The van der Waals surface area contributed by atoms with E-state index in [4.69, 9.17) is 16.6 Å². The summed E-state index contributed by atoms with van der Waals surface area (Å²) in [6, 6.07) is 11.8. The van der Waals surface area contributed by atoms with E-state index in [1.54, 1.807) is 15.9 Å². The quantitative estimate of drug-likeness (QED) is 0.462. The average molecular weight is 394 g/mol. The number of fused-ring (bicyclic) bond motifs is 2. The lowest BCUT2D eigenvalue weighted by molar-refractivity contribution is 0.0963. The molecule has 0 fully saturated rings. The highest BCUT2D eigenvalue weighted by atomic mass is 35.5. The number of hydrogen-bond acceptors (Lipinski definition) is 4. The topological polar surface area (TPSA) is 47.3 Å². The lowest BCUT2D eigenvalue weighted by Crippen LogP contribution is -2.20. The third-order valence-corrected chi connectivity index (χ3v) is 6.40. The van der Waals surface area contributed by atoms with Gasteiger partial charge in [-0.2, -0.15) is 5.10 Å². The summed E-state index contributed by atoms with van der Waals surface area (Å²) < 4.78 is 1.74. The minimum atomic E-state index is 0.144. The number of aromatic nitrogens is 3. The standard InChI is InChI=1S/C21H16ClN3OS/c1-12-20(13-4-6-15(22)7-5-13)21-23-17-9-14(19-3-2-8-27-19)10-18(26)16(17)11-25(21)24-12/h2-8,11,14H,9-10H2,1H3. The molecule has 0 spiro atoms. The van der Waals surface area contributed by atoms with Gasteiger partial charge in [-0.3, -0.25) is 4.79 Å². The lowest BCUT2D eigenvalue weighted by Gasteiger charge is -2.22. The van der Waals surface area contributed by atoms with E-state index in [0.717, 1.165) is 34.6 Å². The van der Waals surface area contributed by atoms with Gasteiger partial charge in [-0.1, -0.05) is 29.8 Å². The summed E-state index contributed by atoms with van der Waals surface area (Å²) in [6.45, 7) is 1.97. The van der Waals surface area contributed by atoms with Crippen LogP contribution >= 0.6 is 22.9 Å². The molecule has 3 heterocycles. The second kappa shape index (κ2) is 6.29. The van der Waals surface area contributed by atoms with E-state index in [9.17, 15) is 4.79 Å². The van der Waals surface area contributed by atoms with E-state index < -0.39 is 0 Å². The molecule has 1 aliphatic carbocycles. The van der Waals surface area contributed by atoms with Crippen molar-refractivity contribution in [3.63, 3.8) is 0 Å². The fourth-order valence-electron chi connectivity index (χ4n) is 3.82. The van der Waals surface area contributed by atoms with Crippen molar-refractivity contribution in [1.29, 1.82) is 0 Å². The molecule has 0 amide bonds. The van der Waals surface area contributed by atoms with Crippen LogP contribution < -0.4 is 0 Å². The van der Waals surface area contributed by atoms with Gasteiger partial charge >= 0.3 is 0 Å². The Morgan fingerprint density at radius 3 is 2.74 bits per heavy atom. The number of rotatable bonds is 2. The van der Waals surface area contributed by atoms with Crippen LogP contribution in [0.4, 0.5) is 0 Å². The Hall–Kier alpha value is -2.50. The normalized spacial score (nSPS) is 16.7. The number of aryl methyl sites for hydroxylation is 1. The molecule has 6 heteroatoms. The highest BCUT2D eigenvalue weighted by Gasteiger charge is 2.29. The molecule has 0 saturated carbocycles. The molecule has 134 valence electrons. The van der Waals surface area contributed by atoms with Crippen LogP contribution in [0.2, 0.25) is 5.02 Å². The number of carbonyl (C=O) groups excluding carboxylic acids is 1. The summed E-state index contributed by atoms with van der Waals surface area (Å²) in [4.78, 5) is 18.9. The van der Waals surface area contributed by atoms with Gasteiger partial charge in [0.2, 0.25) is 0 Å². The number of benzene rings is 1. The zero-order chi connectivity index (χ0) is 18.5. The molecule has 0 bridgehead atoms. The SMILES string of the molecule is Cc1nn2cc3c(nc2c1-c1ccc(Cl)cc1)CC(c1cccs1)CC3=O. The number of thiophene rings is 1. The summed E-state index contributed by atoms with van der Waals surface area (Å²) in [5.41, 5.74) is 5.24. The van der Waals surface area contributed by atoms with Crippen molar-refractivity contribution >= 4 is 34.4 Å². The van der Waals surface area contributed by atoms with Crippen molar-refractivity contribution in [2.24, 2.45) is 0 Å². The molecule has 5 rings (SSSR count). The van der Waals surface area contributed by atoms with E-state index in [1.165, 1.54) is 4.88 Å². The molecule has 0 saturated heterocycles. The zero-order valence-corrected chi connectivity index (χ0v) is 16.2. The molecular formula is C21H16ClN3OS. The summed E-state index contributed by atoms with van der Waals surface area (Å²) in [6.07, 6.45) is 3.16. The molecule has 0 aliphatic heterocycles. The first-order valence-electron chi connectivity index (χ1n) is 8.81. The second-order valence-corrected chi connectivity index (χ2v) is 8.30. The van der Waals surface area contributed by atoms with Crippen molar-refractivity contribution in [2.45, 2.75) is 25.7 Å². The van der Waals surface area contributed by atoms with E-state index in [2.05, 4.69) is 16.5 Å². The summed E-state index contributed by atoms with van der Waals surface area (Å²) in [7, 11) is 0. The highest BCUT2D eigenvalue weighted by molar-refractivity contribution is 7.10. The van der Waals surface area contributed by atoms with E-state index in [1.807, 2.05) is 43.5 Å². The average Bonchev–Trinajstić information content (AvgIpc) is 3.28. The predicted molar refractivity (Wildman–Crippen MR) is 108 cm³/mol. The van der Waals surface area contributed by atoms with Gasteiger partial charge in [0.25, 0.3) is 0 Å². The maximum Gasteiger partial charge on any atom is 0.166 e. The number of carbonyl (C=O) groups is 1. The van der Waals surface area contributed by atoms with Crippen molar-refractivity contribution in [3.8, 4) is 11.1 Å². The first-order valence-corrected chi connectivity index (χ1v) is 10.1. The highest BCUT2D eigenvalue weighted by Crippen LogP contribution is 2.36. The summed E-state index contributed by atoms with van der Waals surface area (Å²) in [5.74, 6) is 0.355. The first-order chi connectivity index (χ1) is 13.1. The smallest absolute Gasteiger partial charge is 0.166 e. The van der Waals surface area contributed by atoms with Gasteiger partial charge in [-0.15, -0.1) is 11.3 Å². The minimum Gasteiger partial charge on any atom is -0.294 e. The third kappa shape index (κ3) is 2.78. The fourth-order valence-corrected chi connectivity index (χ4v) is 4.78. The molecule has 3 aromatic heterocycles.